The lowest BCUT2D eigenvalue weighted by Gasteiger charge is -2.04. The zero-order valence-electron chi connectivity index (χ0n) is 9.38. The molecule has 0 spiro atoms. The maximum absolute atomic E-state index is 5.60. The van der Waals surface area contributed by atoms with E-state index in [1.54, 1.807) is 0 Å². The van der Waals surface area contributed by atoms with Crippen molar-refractivity contribution in [2.24, 2.45) is 7.05 Å². The van der Waals surface area contributed by atoms with Crippen LogP contribution >= 0.6 is 11.6 Å². The summed E-state index contributed by atoms with van der Waals surface area (Å²) in [5, 5.41) is 3.41. The van der Waals surface area contributed by atoms with E-state index >= 15 is 0 Å². The number of unbranched alkanes of at least 4 members (excludes halogenated alkanes) is 2. The Balaban J connectivity index is 1.96. The molecule has 1 aromatic heterocycles. The maximum Gasteiger partial charge on any atom is 0.109 e. The summed E-state index contributed by atoms with van der Waals surface area (Å²) in [6, 6.07) is 0. The van der Waals surface area contributed by atoms with E-state index in [2.05, 4.69) is 14.9 Å². The minimum Gasteiger partial charge on any atom is -0.338 e. The van der Waals surface area contributed by atoms with Gasteiger partial charge in [-0.2, -0.15) is 0 Å². The number of hydrogen-bond donors (Lipinski definition) is 1. The normalized spacial score (nSPS) is 10.8. The number of nitrogens with zero attached hydrogens (tertiary/aromatic N) is 2. The van der Waals surface area contributed by atoms with Crippen LogP contribution in [0.4, 0.5) is 0 Å². The van der Waals surface area contributed by atoms with Crippen molar-refractivity contribution in [3.8, 4) is 0 Å². The Labute approximate surface area is 96.8 Å². The molecule has 1 heterocycles. The van der Waals surface area contributed by atoms with E-state index in [0.29, 0.717) is 0 Å². The fraction of sp³-hybridized carbons (Fsp3) is 0.727. The van der Waals surface area contributed by atoms with E-state index in [1.165, 1.54) is 12.8 Å². The van der Waals surface area contributed by atoms with Crippen LogP contribution < -0.4 is 5.32 Å². The summed E-state index contributed by atoms with van der Waals surface area (Å²) in [5.74, 6) is 1.93. The molecule has 0 amide bonds. The summed E-state index contributed by atoms with van der Waals surface area (Å²) in [6.45, 7) is 2.09. The number of aromatic nitrogens is 2. The number of halogens is 1. The van der Waals surface area contributed by atoms with Crippen molar-refractivity contribution in [1.82, 2.24) is 14.9 Å². The van der Waals surface area contributed by atoms with E-state index in [0.717, 1.165) is 37.6 Å². The minimum absolute atomic E-state index is 0.785. The van der Waals surface area contributed by atoms with Gasteiger partial charge in [0.2, 0.25) is 0 Å². The monoisotopic (exact) mass is 229 g/mol. The summed E-state index contributed by atoms with van der Waals surface area (Å²) >= 11 is 5.60. The molecule has 3 nitrogen and oxygen atoms in total. The summed E-state index contributed by atoms with van der Waals surface area (Å²) in [5.41, 5.74) is 0. The summed E-state index contributed by atoms with van der Waals surface area (Å²) in [4.78, 5) is 4.27. The molecule has 1 rings (SSSR count). The second-order valence-electron chi connectivity index (χ2n) is 3.70. The molecule has 0 aliphatic heterocycles. The number of imidazole rings is 1. The lowest BCUT2D eigenvalue weighted by atomic mass is 10.2. The minimum atomic E-state index is 0.785. The number of nitrogens with one attached hydrogen (secondary N) is 1. The van der Waals surface area contributed by atoms with E-state index in [-0.39, 0.29) is 0 Å². The van der Waals surface area contributed by atoms with Gasteiger partial charge in [0.05, 0.1) is 0 Å². The smallest absolute Gasteiger partial charge is 0.109 e. The number of alkyl halides is 1. The summed E-state index contributed by atoms with van der Waals surface area (Å²) < 4.78 is 2.06. The van der Waals surface area contributed by atoms with Gasteiger partial charge < -0.3 is 9.88 Å². The molecule has 0 atom stereocenters. The van der Waals surface area contributed by atoms with E-state index in [1.807, 2.05) is 19.4 Å². The van der Waals surface area contributed by atoms with Crippen LogP contribution in [0.3, 0.4) is 0 Å². The Hall–Kier alpha value is -0.540. The average molecular weight is 230 g/mol. The first-order valence-electron chi connectivity index (χ1n) is 5.57. The Morgan fingerprint density at radius 3 is 2.87 bits per heavy atom. The molecule has 15 heavy (non-hydrogen) atoms. The highest BCUT2D eigenvalue weighted by molar-refractivity contribution is 6.17. The molecule has 0 saturated heterocycles. The molecule has 0 radical (unpaired) electrons. The van der Waals surface area contributed by atoms with Gasteiger partial charge >= 0.3 is 0 Å². The van der Waals surface area contributed by atoms with Gasteiger partial charge in [0.15, 0.2) is 0 Å². The van der Waals surface area contributed by atoms with Crippen LogP contribution in [0.5, 0.6) is 0 Å². The van der Waals surface area contributed by atoms with Gasteiger partial charge in [0, 0.05) is 38.3 Å². The molecule has 0 aliphatic carbocycles. The highest BCUT2D eigenvalue weighted by atomic mass is 35.5. The topological polar surface area (TPSA) is 29.9 Å². The van der Waals surface area contributed by atoms with E-state index < -0.39 is 0 Å². The first-order valence-corrected chi connectivity index (χ1v) is 6.11. The van der Waals surface area contributed by atoms with Crippen LogP contribution in [0.15, 0.2) is 12.4 Å². The van der Waals surface area contributed by atoms with Gasteiger partial charge in [-0.15, -0.1) is 11.6 Å². The van der Waals surface area contributed by atoms with Crippen molar-refractivity contribution in [2.75, 3.05) is 19.0 Å². The predicted molar refractivity (Wildman–Crippen MR) is 64.4 cm³/mol. The molecule has 0 saturated carbocycles. The van der Waals surface area contributed by atoms with Crippen LogP contribution in [0, 0.1) is 0 Å². The number of rotatable bonds is 8. The first kappa shape index (κ1) is 12.5. The largest absolute Gasteiger partial charge is 0.338 e. The van der Waals surface area contributed by atoms with Crippen LogP contribution in [0.1, 0.15) is 25.1 Å². The summed E-state index contributed by atoms with van der Waals surface area (Å²) in [7, 11) is 2.03. The first-order chi connectivity index (χ1) is 7.34. The van der Waals surface area contributed by atoms with Crippen molar-refractivity contribution in [2.45, 2.75) is 25.7 Å². The molecular formula is C11H20ClN3. The molecule has 4 heteroatoms. The number of hydrogen-bond acceptors (Lipinski definition) is 2. The molecule has 0 aliphatic rings. The highest BCUT2D eigenvalue weighted by Crippen LogP contribution is 1.96. The summed E-state index contributed by atoms with van der Waals surface area (Å²) in [6.07, 6.45) is 8.39. The number of aryl methyl sites for hydroxylation is 1. The van der Waals surface area contributed by atoms with Crippen molar-refractivity contribution in [3.63, 3.8) is 0 Å². The van der Waals surface area contributed by atoms with Crippen molar-refractivity contribution >= 4 is 11.6 Å². The Bertz CT molecular complexity index is 260. The Morgan fingerprint density at radius 2 is 2.20 bits per heavy atom. The van der Waals surface area contributed by atoms with Gasteiger partial charge in [-0.05, 0) is 19.4 Å². The van der Waals surface area contributed by atoms with Crippen molar-refractivity contribution < 1.29 is 0 Å². The molecule has 1 aromatic rings. The van der Waals surface area contributed by atoms with Crippen LogP contribution in [0.2, 0.25) is 0 Å². The second kappa shape index (κ2) is 7.71. The zero-order chi connectivity index (χ0) is 10.9. The quantitative estimate of drug-likeness (QED) is 0.546. The average Bonchev–Trinajstić information content (AvgIpc) is 2.63. The van der Waals surface area contributed by atoms with Gasteiger partial charge in [-0.25, -0.2) is 4.98 Å². The Kier molecular flexibility index (Phi) is 6.44. The van der Waals surface area contributed by atoms with Gasteiger partial charge in [-0.1, -0.05) is 6.42 Å². The van der Waals surface area contributed by atoms with Gasteiger partial charge in [-0.3, -0.25) is 0 Å². The molecule has 0 fully saturated rings. The third kappa shape index (κ3) is 5.19. The van der Waals surface area contributed by atoms with E-state index in [9.17, 15) is 0 Å². The molecular weight excluding hydrogens is 210 g/mol. The fourth-order valence-electron chi connectivity index (χ4n) is 1.48. The standard InChI is InChI=1S/C11H20ClN3/c1-15-10-9-14-11(15)5-8-13-7-4-2-3-6-12/h9-10,13H,2-8H2,1H3. The lowest BCUT2D eigenvalue weighted by molar-refractivity contribution is 0.605. The Morgan fingerprint density at radius 1 is 1.33 bits per heavy atom. The van der Waals surface area contributed by atoms with Crippen LogP contribution in [0.25, 0.3) is 0 Å². The van der Waals surface area contributed by atoms with Crippen molar-refractivity contribution in [1.29, 1.82) is 0 Å². The molecule has 1 N–H and O–H groups in total. The zero-order valence-corrected chi connectivity index (χ0v) is 10.1. The SMILES string of the molecule is Cn1ccnc1CCNCCCCCCl. The molecule has 0 unspecified atom stereocenters. The lowest BCUT2D eigenvalue weighted by Crippen LogP contribution is -2.19. The third-order valence-corrected chi connectivity index (χ3v) is 2.70. The van der Waals surface area contributed by atoms with Crippen LogP contribution in [-0.2, 0) is 13.5 Å². The van der Waals surface area contributed by atoms with Crippen molar-refractivity contribution in [3.05, 3.63) is 18.2 Å². The highest BCUT2D eigenvalue weighted by Gasteiger charge is 1.97. The van der Waals surface area contributed by atoms with Gasteiger partial charge in [0.1, 0.15) is 5.82 Å². The molecule has 0 bridgehead atoms. The third-order valence-electron chi connectivity index (χ3n) is 2.43. The van der Waals surface area contributed by atoms with Gasteiger partial charge in [0.25, 0.3) is 0 Å². The predicted octanol–water partition coefficient (Wildman–Crippen LogP) is 1.96. The fourth-order valence-corrected chi connectivity index (χ4v) is 1.67. The maximum atomic E-state index is 5.60. The van der Waals surface area contributed by atoms with Crippen LogP contribution in [-0.4, -0.2) is 28.5 Å². The second-order valence-corrected chi connectivity index (χ2v) is 4.08. The van der Waals surface area contributed by atoms with E-state index in [4.69, 9.17) is 11.6 Å². The molecule has 0 aromatic carbocycles. The molecule has 86 valence electrons.